The Labute approximate surface area is 121 Å². The highest BCUT2D eigenvalue weighted by Crippen LogP contribution is 2.23. The Morgan fingerprint density at radius 1 is 1.50 bits per heavy atom. The number of ether oxygens (including phenoxy) is 1. The summed E-state index contributed by atoms with van der Waals surface area (Å²) in [7, 11) is -1.19. The van der Waals surface area contributed by atoms with Crippen LogP contribution in [0.15, 0.2) is 11.6 Å². The van der Waals surface area contributed by atoms with Crippen LogP contribution in [0.1, 0.15) is 18.5 Å². The summed E-state index contributed by atoms with van der Waals surface area (Å²) in [6.07, 6.45) is 3.32. The van der Waals surface area contributed by atoms with Crippen LogP contribution in [0.3, 0.4) is 0 Å². The molecular weight excluding hydrogens is 298 g/mol. The van der Waals surface area contributed by atoms with E-state index in [1.165, 1.54) is 0 Å². The summed E-state index contributed by atoms with van der Waals surface area (Å²) in [5.41, 5.74) is 0.984. The molecule has 2 aromatic heterocycles. The van der Waals surface area contributed by atoms with Crippen LogP contribution in [0.2, 0.25) is 0 Å². The molecule has 0 radical (unpaired) electrons. The molecule has 3 rings (SSSR count). The molecule has 1 fully saturated rings. The van der Waals surface area contributed by atoms with Gasteiger partial charge in [-0.3, -0.25) is 4.40 Å². The maximum absolute atomic E-state index is 11.4. The quantitative estimate of drug-likeness (QED) is 0.914. The summed E-state index contributed by atoms with van der Waals surface area (Å²) in [6.45, 7) is 0.631. The number of nitrogens with zero attached hydrogens (tertiary/aromatic N) is 2. The maximum Gasteiger partial charge on any atom is 0.237 e. The lowest BCUT2D eigenvalue weighted by Gasteiger charge is -2.23. The fraction of sp³-hybridized carbons (Fsp3) is 0.583. The Morgan fingerprint density at radius 2 is 2.25 bits per heavy atom. The minimum atomic E-state index is -2.81. The number of thiazole rings is 1. The Hall–Kier alpha value is -1.12. The Morgan fingerprint density at radius 3 is 2.95 bits per heavy atom. The molecule has 2 aromatic rings. The summed E-state index contributed by atoms with van der Waals surface area (Å²) in [5, 5.41) is 5.40. The number of aromatic nitrogens is 2. The molecule has 0 atom stereocenters. The number of hydrogen-bond acceptors (Lipinski definition) is 6. The van der Waals surface area contributed by atoms with E-state index in [1.54, 1.807) is 18.4 Å². The van der Waals surface area contributed by atoms with Crippen molar-refractivity contribution in [3.05, 3.63) is 17.3 Å². The van der Waals surface area contributed by atoms with Gasteiger partial charge in [-0.15, -0.1) is 11.3 Å². The van der Waals surface area contributed by atoms with E-state index < -0.39 is 9.84 Å². The average molecular weight is 315 g/mol. The minimum absolute atomic E-state index is 0.243. The fourth-order valence-corrected chi connectivity index (χ4v) is 4.69. The number of nitrogens with one attached hydrogen (secondary N) is 1. The summed E-state index contributed by atoms with van der Waals surface area (Å²) in [6, 6.07) is 0.243. The molecule has 0 spiro atoms. The van der Waals surface area contributed by atoms with Crippen molar-refractivity contribution in [1.82, 2.24) is 14.7 Å². The van der Waals surface area contributed by atoms with Gasteiger partial charge >= 0.3 is 0 Å². The molecule has 20 heavy (non-hydrogen) atoms. The minimum Gasteiger partial charge on any atom is -0.480 e. The third-order valence-corrected chi connectivity index (χ3v) is 6.10. The van der Waals surface area contributed by atoms with Gasteiger partial charge in [0.1, 0.15) is 15.5 Å². The van der Waals surface area contributed by atoms with Crippen molar-refractivity contribution >= 4 is 26.1 Å². The number of methoxy groups -OCH3 is 1. The van der Waals surface area contributed by atoms with Crippen LogP contribution in [0, 0.1) is 0 Å². The molecule has 1 saturated heterocycles. The molecule has 1 aliphatic rings. The Balaban J connectivity index is 1.69. The molecule has 1 N–H and O–H groups in total. The molecule has 110 valence electrons. The monoisotopic (exact) mass is 315 g/mol. The number of rotatable bonds is 4. The van der Waals surface area contributed by atoms with Gasteiger partial charge in [-0.05, 0) is 12.8 Å². The highest BCUT2D eigenvalue weighted by Gasteiger charge is 2.24. The van der Waals surface area contributed by atoms with Crippen molar-refractivity contribution in [1.29, 1.82) is 0 Å². The lowest BCUT2D eigenvalue weighted by atomic mass is 10.1. The summed E-state index contributed by atoms with van der Waals surface area (Å²) in [4.78, 5) is 5.31. The van der Waals surface area contributed by atoms with Gasteiger partial charge in [0.2, 0.25) is 5.88 Å². The number of fused-ring (bicyclic) bond motifs is 1. The number of hydrogen-bond donors (Lipinski definition) is 1. The molecule has 0 amide bonds. The predicted octanol–water partition coefficient (Wildman–Crippen LogP) is 1.07. The van der Waals surface area contributed by atoms with Crippen LogP contribution >= 0.6 is 11.3 Å². The molecule has 0 saturated carbocycles. The molecule has 6 nitrogen and oxygen atoms in total. The van der Waals surface area contributed by atoms with Crippen LogP contribution in [-0.4, -0.2) is 42.5 Å². The average Bonchev–Trinajstić information content (AvgIpc) is 2.98. The van der Waals surface area contributed by atoms with E-state index in [-0.39, 0.29) is 17.5 Å². The zero-order chi connectivity index (χ0) is 14.2. The van der Waals surface area contributed by atoms with Crippen molar-refractivity contribution in [2.75, 3.05) is 18.6 Å². The van der Waals surface area contributed by atoms with Crippen LogP contribution < -0.4 is 10.1 Å². The van der Waals surface area contributed by atoms with Crippen LogP contribution in [0.4, 0.5) is 0 Å². The van der Waals surface area contributed by atoms with Gasteiger partial charge in [0, 0.05) is 24.2 Å². The van der Waals surface area contributed by atoms with E-state index in [0.717, 1.165) is 10.7 Å². The first-order valence-corrected chi connectivity index (χ1v) is 9.21. The predicted molar refractivity (Wildman–Crippen MR) is 78.1 cm³/mol. The van der Waals surface area contributed by atoms with E-state index in [4.69, 9.17) is 4.74 Å². The SMILES string of the molecule is COc1nc2sccn2c1CNC1CCS(=O)(=O)CC1. The topological polar surface area (TPSA) is 72.7 Å². The number of sulfone groups is 1. The normalized spacial score (nSPS) is 19.4. The van der Waals surface area contributed by atoms with Crippen LogP contribution in [-0.2, 0) is 16.4 Å². The van der Waals surface area contributed by atoms with E-state index in [1.807, 2.05) is 16.0 Å². The third-order valence-electron chi connectivity index (χ3n) is 3.63. The first-order valence-electron chi connectivity index (χ1n) is 6.51. The molecule has 0 unspecified atom stereocenters. The zero-order valence-corrected chi connectivity index (χ0v) is 12.8. The lowest BCUT2D eigenvalue weighted by molar-refractivity contribution is 0.387. The molecule has 3 heterocycles. The van der Waals surface area contributed by atoms with Crippen LogP contribution in [0.5, 0.6) is 5.88 Å². The molecule has 0 bridgehead atoms. The molecular formula is C12H17N3O3S2. The smallest absolute Gasteiger partial charge is 0.237 e. The Kier molecular flexibility index (Phi) is 3.70. The van der Waals surface area contributed by atoms with Crippen molar-refractivity contribution < 1.29 is 13.2 Å². The van der Waals surface area contributed by atoms with Crippen molar-refractivity contribution in [2.45, 2.75) is 25.4 Å². The molecule has 0 aliphatic carbocycles. The van der Waals surface area contributed by atoms with Crippen LogP contribution in [0.25, 0.3) is 4.96 Å². The van der Waals surface area contributed by atoms with E-state index in [9.17, 15) is 8.42 Å². The highest BCUT2D eigenvalue weighted by atomic mass is 32.2. The van der Waals surface area contributed by atoms with Gasteiger partial charge in [0.15, 0.2) is 4.96 Å². The van der Waals surface area contributed by atoms with Gasteiger partial charge in [-0.2, -0.15) is 4.98 Å². The van der Waals surface area contributed by atoms with E-state index in [0.29, 0.717) is 25.3 Å². The Bertz CT molecular complexity index is 691. The first kappa shape index (κ1) is 13.8. The largest absolute Gasteiger partial charge is 0.480 e. The zero-order valence-electron chi connectivity index (χ0n) is 11.2. The third kappa shape index (κ3) is 2.68. The maximum atomic E-state index is 11.4. The molecule has 1 aliphatic heterocycles. The van der Waals surface area contributed by atoms with Gasteiger partial charge in [-0.25, -0.2) is 8.42 Å². The van der Waals surface area contributed by atoms with E-state index >= 15 is 0 Å². The van der Waals surface area contributed by atoms with Crippen molar-refractivity contribution in [3.63, 3.8) is 0 Å². The standard InChI is InChI=1S/C12H17N3O3S2/c1-18-11-10(15-4-5-19-12(15)14-11)8-13-9-2-6-20(16,17)7-3-9/h4-5,9,13H,2-3,6-8H2,1H3. The second-order valence-electron chi connectivity index (χ2n) is 4.93. The summed E-state index contributed by atoms with van der Waals surface area (Å²) >= 11 is 1.56. The lowest BCUT2D eigenvalue weighted by Crippen LogP contribution is -2.37. The van der Waals surface area contributed by atoms with Gasteiger partial charge < -0.3 is 10.1 Å². The van der Waals surface area contributed by atoms with Gasteiger partial charge in [-0.1, -0.05) is 0 Å². The van der Waals surface area contributed by atoms with Gasteiger partial charge in [0.25, 0.3) is 0 Å². The van der Waals surface area contributed by atoms with E-state index in [2.05, 4.69) is 10.3 Å². The fourth-order valence-electron chi connectivity index (χ4n) is 2.47. The molecule has 8 heteroatoms. The van der Waals surface area contributed by atoms with Crippen molar-refractivity contribution in [2.24, 2.45) is 0 Å². The second kappa shape index (κ2) is 5.34. The second-order valence-corrected chi connectivity index (χ2v) is 8.11. The highest BCUT2D eigenvalue weighted by molar-refractivity contribution is 7.91. The van der Waals surface area contributed by atoms with Gasteiger partial charge in [0.05, 0.1) is 18.6 Å². The molecule has 0 aromatic carbocycles. The summed E-state index contributed by atoms with van der Waals surface area (Å²) < 4.78 is 30.1. The van der Waals surface area contributed by atoms with Crippen molar-refractivity contribution in [3.8, 4) is 5.88 Å². The summed E-state index contributed by atoms with van der Waals surface area (Å²) in [5.74, 6) is 1.19. The first-order chi connectivity index (χ1) is 9.59. The number of imidazole rings is 1.